The van der Waals surface area contributed by atoms with E-state index in [1.54, 1.807) is 0 Å². The van der Waals surface area contributed by atoms with Crippen molar-refractivity contribution in [1.29, 1.82) is 0 Å². The van der Waals surface area contributed by atoms with E-state index in [4.69, 9.17) is 14.9 Å². The molecule has 0 fully saturated rings. The van der Waals surface area contributed by atoms with E-state index in [1.165, 1.54) is 13.8 Å². The largest absolute Gasteiger partial charge is 0.464 e. The van der Waals surface area contributed by atoms with E-state index < -0.39 is 23.5 Å². The van der Waals surface area contributed by atoms with E-state index in [0.29, 0.717) is 0 Å². The Balaban J connectivity index is 0. The molecule has 0 amide bonds. The van der Waals surface area contributed by atoms with Crippen molar-refractivity contribution in [2.45, 2.75) is 34.6 Å². The third-order valence-corrected chi connectivity index (χ3v) is 1.80. The molecule has 0 radical (unpaired) electrons. The fourth-order valence-corrected chi connectivity index (χ4v) is 0.989. The normalized spacial score (nSPS) is 10.5. The predicted molar refractivity (Wildman–Crippen MR) is 69.4 cm³/mol. The Kier molecular flexibility index (Phi) is 10.2. The number of esters is 1. The fourth-order valence-electron chi connectivity index (χ4n) is 0.989. The van der Waals surface area contributed by atoms with Crippen LogP contribution in [-0.4, -0.2) is 47.6 Å². The summed E-state index contributed by atoms with van der Waals surface area (Å²) < 4.78 is 4.91. The summed E-state index contributed by atoms with van der Waals surface area (Å²) in [4.78, 5) is 33.5. The quantitative estimate of drug-likeness (QED) is 0.554. The van der Waals surface area contributed by atoms with Crippen LogP contribution in [0, 0.1) is 11.3 Å². The van der Waals surface area contributed by atoms with Crippen LogP contribution in [0.4, 0.5) is 0 Å². The average Bonchev–Trinajstić information content (AvgIpc) is 2.25. The highest BCUT2D eigenvalue weighted by Gasteiger charge is 2.30. The number of carbonyl (C=O) groups is 3. The van der Waals surface area contributed by atoms with Gasteiger partial charge in [0.05, 0.1) is 19.8 Å². The third-order valence-electron chi connectivity index (χ3n) is 1.80. The first kappa shape index (κ1) is 20.1. The van der Waals surface area contributed by atoms with Crippen molar-refractivity contribution >= 4 is 17.5 Å². The number of hydrogen-bond donors (Lipinski definition) is 2. The Morgan fingerprint density at radius 2 is 1.37 bits per heavy atom. The molecule has 0 aromatic carbocycles. The minimum absolute atomic E-state index is 0.125. The number of aliphatic hydroxyl groups excluding tert-OH is 2. The second-order valence-corrected chi connectivity index (χ2v) is 5.27. The molecule has 6 heteroatoms. The maximum Gasteiger partial charge on any atom is 0.324 e. The van der Waals surface area contributed by atoms with Gasteiger partial charge in [-0.15, -0.1) is 0 Å². The molecule has 0 aliphatic rings. The van der Waals surface area contributed by atoms with Crippen LogP contribution < -0.4 is 0 Å². The molecular formula is C13H24O6. The third kappa shape index (κ3) is 11.5. The van der Waals surface area contributed by atoms with Crippen molar-refractivity contribution in [1.82, 2.24) is 0 Å². The van der Waals surface area contributed by atoms with Gasteiger partial charge in [-0.2, -0.15) is 0 Å². The standard InChI is InChI=1S/C11H18O4.C2H6O2/c1-7(12)9(8(2)13)10(14)15-6-11(3,4)5;3-1-2-4/h9H,6H2,1-5H3;3-4H,1-2H2. The highest BCUT2D eigenvalue weighted by Crippen LogP contribution is 2.14. The molecule has 0 unspecified atom stereocenters. The van der Waals surface area contributed by atoms with E-state index >= 15 is 0 Å². The highest BCUT2D eigenvalue weighted by atomic mass is 16.5. The topological polar surface area (TPSA) is 101 Å². The lowest BCUT2D eigenvalue weighted by Crippen LogP contribution is -2.32. The molecule has 0 aliphatic carbocycles. The molecule has 2 N–H and O–H groups in total. The Morgan fingerprint density at radius 1 is 1.00 bits per heavy atom. The monoisotopic (exact) mass is 276 g/mol. The van der Waals surface area contributed by atoms with Crippen LogP contribution in [0.2, 0.25) is 0 Å². The predicted octanol–water partition coefficient (Wildman–Crippen LogP) is 0.341. The molecule has 0 aromatic rings. The van der Waals surface area contributed by atoms with E-state index in [2.05, 4.69) is 0 Å². The second kappa shape index (κ2) is 9.63. The van der Waals surface area contributed by atoms with Gasteiger partial charge in [0, 0.05) is 0 Å². The number of aliphatic hydroxyl groups is 2. The summed E-state index contributed by atoms with van der Waals surface area (Å²) in [5, 5.41) is 15.2. The molecule has 0 saturated heterocycles. The Labute approximate surface area is 113 Å². The van der Waals surface area contributed by atoms with E-state index in [1.807, 2.05) is 20.8 Å². The number of rotatable bonds is 5. The van der Waals surface area contributed by atoms with Crippen LogP contribution in [0.1, 0.15) is 34.6 Å². The van der Waals surface area contributed by atoms with Gasteiger partial charge < -0.3 is 14.9 Å². The van der Waals surface area contributed by atoms with Gasteiger partial charge in [-0.1, -0.05) is 20.8 Å². The second-order valence-electron chi connectivity index (χ2n) is 5.27. The maximum absolute atomic E-state index is 11.4. The summed E-state index contributed by atoms with van der Waals surface area (Å²) in [5.41, 5.74) is -0.173. The zero-order chi connectivity index (χ0) is 15.6. The lowest BCUT2D eigenvalue weighted by Gasteiger charge is -2.19. The van der Waals surface area contributed by atoms with Crippen molar-refractivity contribution in [2.75, 3.05) is 19.8 Å². The van der Waals surface area contributed by atoms with Crippen molar-refractivity contribution < 1.29 is 29.3 Å². The molecule has 19 heavy (non-hydrogen) atoms. The van der Waals surface area contributed by atoms with Crippen molar-refractivity contribution in [2.24, 2.45) is 11.3 Å². The molecular weight excluding hydrogens is 252 g/mol. The van der Waals surface area contributed by atoms with E-state index in [-0.39, 0.29) is 25.2 Å². The van der Waals surface area contributed by atoms with Gasteiger partial charge in [-0.25, -0.2) is 0 Å². The van der Waals surface area contributed by atoms with Crippen molar-refractivity contribution in [3.05, 3.63) is 0 Å². The van der Waals surface area contributed by atoms with Crippen molar-refractivity contribution in [3.8, 4) is 0 Å². The fraction of sp³-hybridized carbons (Fsp3) is 0.769. The van der Waals surface area contributed by atoms with Crippen molar-refractivity contribution in [3.63, 3.8) is 0 Å². The summed E-state index contributed by atoms with van der Waals surface area (Å²) in [5.74, 6) is -2.94. The van der Waals surface area contributed by atoms with Crippen LogP contribution in [0.5, 0.6) is 0 Å². The number of ether oxygens (including phenoxy) is 1. The summed E-state index contributed by atoms with van der Waals surface area (Å²) in [7, 11) is 0. The Bertz CT molecular complexity index is 287. The molecule has 0 bridgehead atoms. The number of ketones is 2. The molecule has 0 aromatic heterocycles. The molecule has 6 nitrogen and oxygen atoms in total. The maximum atomic E-state index is 11.4. The van der Waals surface area contributed by atoms with E-state index in [9.17, 15) is 14.4 Å². The minimum Gasteiger partial charge on any atom is -0.464 e. The summed E-state index contributed by atoms with van der Waals surface area (Å²) in [6.07, 6.45) is 0. The zero-order valence-electron chi connectivity index (χ0n) is 12.2. The highest BCUT2D eigenvalue weighted by molar-refractivity contribution is 6.15. The minimum atomic E-state index is -1.26. The van der Waals surface area contributed by atoms with E-state index in [0.717, 1.165) is 0 Å². The van der Waals surface area contributed by atoms with Crippen LogP contribution in [0.15, 0.2) is 0 Å². The molecule has 0 aliphatic heterocycles. The lowest BCUT2D eigenvalue weighted by atomic mass is 9.98. The van der Waals surface area contributed by atoms with Gasteiger partial charge in [0.2, 0.25) is 0 Å². The zero-order valence-corrected chi connectivity index (χ0v) is 12.2. The number of Topliss-reactive ketones (excluding diaryl/α,β-unsaturated/α-hetero) is 2. The van der Waals surface area contributed by atoms with Gasteiger partial charge >= 0.3 is 5.97 Å². The summed E-state index contributed by atoms with van der Waals surface area (Å²) in [6.45, 7) is 8.07. The first-order valence-electron chi connectivity index (χ1n) is 5.96. The first-order chi connectivity index (χ1) is 8.56. The number of carbonyl (C=O) groups excluding carboxylic acids is 3. The van der Waals surface area contributed by atoms with Gasteiger partial charge in [-0.05, 0) is 19.3 Å². The SMILES string of the molecule is CC(=O)C(C(C)=O)C(=O)OCC(C)(C)C.OCCO. The van der Waals surface area contributed by atoms with Gasteiger partial charge in [-0.3, -0.25) is 14.4 Å². The number of hydrogen-bond acceptors (Lipinski definition) is 6. The molecule has 0 heterocycles. The van der Waals surface area contributed by atoms with Gasteiger partial charge in [0.1, 0.15) is 0 Å². The van der Waals surface area contributed by atoms with Crippen LogP contribution in [0.25, 0.3) is 0 Å². The Morgan fingerprint density at radius 3 is 1.58 bits per heavy atom. The lowest BCUT2D eigenvalue weighted by molar-refractivity contribution is -0.156. The van der Waals surface area contributed by atoms with Crippen LogP contribution in [-0.2, 0) is 19.1 Å². The molecule has 0 spiro atoms. The Hall–Kier alpha value is -1.27. The molecule has 112 valence electrons. The molecule has 0 rings (SSSR count). The molecule has 0 atom stereocenters. The smallest absolute Gasteiger partial charge is 0.324 e. The summed E-state index contributed by atoms with van der Waals surface area (Å²) >= 11 is 0. The van der Waals surface area contributed by atoms with Gasteiger partial charge in [0.15, 0.2) is 17.5 Å². The summed E-state index contributed by atoms with van der Waals surface area (Å²) in [6, 6.07) is 0. The van der Waals surface area contributed by atoms with Crippen LogP contribution >= 0.6 is 0 Å². The molecule has 0 saturated carbocycles. The van der Waals surface area contributed by atoms with Crippen LogP contribution in [0.3, 0.4) is 0 Å². The average molecular weight is 276 g/mol. The van der Waals surface area contributed by atoms with Gasteiger partial charge in [0.25, 0.3) is 0 Å². The first-order valence-corrected chi connectivity index (χ1v) is 5.96.